The van der Waals surface area contributed by atoms with E-state index >= 15 is 0 Å². The second-order valence-corrected chi connectivity index (χ2v) is 6.87. The number of benzene rings is 1. The molecule has 3 heterocycles. The lowest BCUT2D eigenvalue weighted by Crippen LogP contribution is -2.41. The van der Waals surface area contributed by atoms with E-state index in [0.717, 1.165) is 36.1 Å². The molecule has 3 N–H and O–H groups in total. The van der Waals surface area contributed by atoms with E-state index in [9.17, 15) is 4.79 Å². The molecule has 144 valence electrons. The first kappa shape index (κ1) is 18.0. The predicted molar refractivity (Wildman–Crippen MR) is 106 cm³/mol. The Labute approximate surface area is 163 Å². The predicted octanol–water partition coefficient (Wildman–Crippen LogP) is 3.19. The topological polar surface area (TPSA) is 97.1 Å². The maximum Gasteiger partial charge on any atom is 0.261 e. The summed E-state index contributed by atoms with van der Waals surface area (Å²) in [6.07, 6.45) is 6.39. The third-order valence-electron chi connectivity index (χ3n) is 5.02. The number of amides is 1. The van der Waals surface area contributed by atoms with Crippen LogP contribution in [-0.2, 0) is 4.79 Å². The molecule has 1 atom stereocenters. The van der Waals surface area contributed by atoms with Gasteiger partial charge < -0.3 is 15.4 Å². The van der Waals surface area contributed by atoms with Gasteiger partial charge in [-0.15, -0.1) is 0 Å². The number of rotatable bonds is 5. The molecule has 4 rings (SSSR count). The lowest BCUT2D eigenvalue weighted by atomic mass is 9.94. The third-order valence-corrected chi connectivity index (χ3v) is 5.02. The number of H-pyrrole nitrogens is 1. The molecule has 3 aromatic rings. The number of hydrogen-bond acceptors (Lipinski definition) is 5. The van der Waals surface area contributed by atoms with Crippen molar-refractivity contribution in [2.75, 3.05) is 18.9 Å². The molecule has 0 spiro atoms. The molecule has 0 unspecified atom stereocenters. The van der Waals surface area contributed by atoms with E-state index in [1.165, 1.54) is 0 Å². The fraction of sp³-hybridized carbons (Fsp3) is 0.286. The SMILES string of the molecule is Nc1cc(-c2cn[nH]c2[C@@H]2CCCCN2C(=O)COc2ccccc2)ccn1. The van der Waals surface area contributed by atoms with E-state index in [1.807, 2.05) is 47.4 Å². The smallest absolute Gasteiger partial charge is 0.261 e. The van der Waals surface area contributed by atoms with Gasteiger partial charge in [0.25, 0.3) is 5.91 Å². The van der Waals surface area contributed by atoms with Crippen molar-refractivity contribution >= 4 is 11.7 Å². The minimum atomic E-state index is -0.0625. The lowest BCUT2D eigenvalue weighted by molar-refractivity contribution is -0.137. The Morgan fingerprint density at radius 2 is 2.11 bits per heavy atom. The van der Waals surface area contributed by atoms with Crippen molar-refractivity contribution in [3.63, 3.8) is 0 Å². The number of aromatic amines is 1. The third kappa shape index (κ3) is 3.83. The molecular weight excluding hydrogens is 354 g/mol. The molecule has 1 saturated heterocycles. The molecule has 7 nitrogen and oxygen atoms in total. The van der Waals surface area contributed by atoms with E-state index in [2.05, 4.69) is 15.2 Å². The highest BCUT2D eigenvalue weighted by Crippen LogP contribution is 2.35. The number of para-hydroxylation sites is 1. The Hall–Kier alpha value is -3.35. The average Bonchev–Trinajstić information content (AvgIpc) is 3.22. The van der Waals surface area contributed by atoms with Gasteiger partial charge in [0.05, 0.1) is 17.9 Å². The van der Waals surface area contributed by atoms with E-state index in [1.54, 1.807) is 12.4 Å². The Morgan fingerprint density at radius 3 is 2.93 bits per heavy atom. The Kier molecular flexibility index (Phi) is 5.23. The van der Waals surface area contributed by atoms with Crippen LogP contribution in [-0.4, -0.2) is 39.1 Å². The largest absolute Gasteiger partial charge is 0.484 e. The fourth-order valence-corrected chi connectivity index (χ4v) is 3.67. The average molecular weight is 377 g/mol. The highest BCUT2D eigenvalue weighted by molar-refractivity contribution is 5.79. The van der Waals surface area contributed by atoms with Crippen molar-refractivity contribution in [3.05, 3.63) is 60.6 Å². The summed E-state index contributed by atoms with van der Waals surface area (Å²) in [7, 11) is 0. The van der Waals surface area contributed by atoms with Crippen LogP contribution in [0.5, 0.6) is 5.75 Å². The van der Waals surface area contributed by atoms with Crippen molar-refractivity contribution in [1.82, 2.24) is 20.1 Å². The van der Waals surface area contributed by atoms with Gasteiger partial charge in [-0.1, -0.05) is 18.2 Å². The van der Waals surface area contributed by atoms with Crippen LogP contribution in [0, 0.1) is 0 Å². The molecule has 0 bridgehead atoms. The molecule has 1 fully saturated rings. The van der Waals surface area contributed by atoms with Crippen LogP contribution >= 0.6 is 0 Å². The van der Waals surface area contributed by atoms with Crippen molar-refractivity contribution in [2.45, 2.75) is 25.3 Å². The first-order chi connectivity index (χ1) is 13.7. The number of hydrogen-bond donors (Lipinski definition) is 2. The van der Waals surface area contributed by atoms with Crippen LogP contribution in [0.3, 0.4) is 0 Å². The molecule has 1 aliphatic rings. The summed E-state index contributed by atoms with van der Waals surface area (Å²) >= 11 is 0. The number of nitrogen functional groups attached to an aromatic ring is 1. The maximum atomic E-state index is 12.9. The number of piperidine rings is 1. The van der Waals surface area contributed by atoms with Crippen LogP contribution in [0.25, 0.3) is 11.1 Å². The van der Waals surface area contributed by atoms with Gasteiger partial charge in [-0.25, -0.2) is 4.98 Å². The number of ether oxygens (including phenoxy) is 1. The standard InChI is InChI=1S/C21H23N5O2/c22-19-12-15(9-10-23-19)17-13-24-25-21(17)18-8-4-5-11-26(18)20(27)14-28-16-6-2-1-3-7-16/h1-3,6-7,9-10,12-13,18H,4-5,8,11,14H2,(H2,22,23)(H,24,25)/t18-/m0/s1. The summed E-state index contributed by atoms with van der Waals surface area (Å²) < 4.78 is 5.68. The van der Waals surface area contributed by atoms with Crippen LogP contribution in [0.15, 0.2) is 54.9 Å². The second-order valence-electron chi connectivity index (χ2n) is 6.87. The number of anilines is 1. The number of nitrogens with two attached hydrogens (primary N) is 1. The van der Waals surface area contributed by atoms with Crippen molar-refractivity contribution < 1.29 is 9.53 Å². The normalized spacial score (nSPS) is 16.7. The van der Waals surface area contributed by atoms with E-state index in [0.29, 0.717) is 18.1 Å². The van der Waals surface area contributed by atoms with Crippen LogP contribution in [0.2, 0.25) is 0 Å². The van der Waals surface area contributed by atoms with Gasteiger partial charge in [0.15, 0.2) is 6.61 Å². The number of carbonyl (C=O) groups excluding carboxylic acids is 1. The highest BCUT2D eigenvalue weighted by Gasteiger charge is 2.31. The Balaban J connectivity index is 1.55. The van der Waals surface area contributed by atoms with Crippen molar-refractivity contribution in [2.24, 2.45) is 0 Å². The number of nitrogens with one attached hydrogen (secondary N) is 1. The molecule has 0 saturated carbocycles. The van der Waals surface area contributed by atoms with E-state index in [4.69, 9.17) is 10.5 Å². The summed E-state index contributed by atoms with van der Waals surface area (Å²) in [4.78, 5) is 18.9. The van der Waals surface area contributed by atoms with Gasteiger partial charge in [-0.2, -0.15) is 5.10 Å². The molecule has 0 aliphatic carbocycles. The zero-order valence-electron chi connectivity index (χ0n) is 15.5. The Morgan fingerprint density at radius 1 is 1.25 bits per heavy atom. The maximum absolute atomic E-state index is 12.9. The molecule has 1 aliphatic heterocycles. The summed E-state index contributed by atoms with van der Waals surface area (Å²) in [6, 6.07) is 13.1. The number of nitrogens with zero attached hydrogens (tertiary/aromatic N) is 3. The molecule has 1 aromatic carbocycles. The monoisotopic (exact) mass is 377 g/mol. The summed E-state index contributed by atoms with van der Waals surface area (Å²) in [5.41, 5.74) is 8.66. The first-order valence-electron chi connectivity index (χ1n) is 9.45. The molecule has 0 radical (unpaired) electrons. The first-order valence-corrected chi connectivity index (χ1v) is 9.45. The molecule has 1 amide bonds. The van der Waals surface area contributed by atoms with Gasteiger partial charge >= 0.3 is 0 Å². The number of aromatic nitrogens is 3. The van der Waals surface area contributed by atoms with E-state index < -0.39 is 0 Å². The van der Waals surface area contributed by atoms with Gasteiger partial charge in [0.1, 0.15) is 11.6 Å². The highest BCUT2D eigenvalue weighted by atomic mass is 16.5. The number of pyridine rings is 1. The lowest BCUT2D eigenvalue weighted by Gasteiger charge is -2.35. The molecular formula is C21H23N5O2. The second kappa shape index (κ2) is 8.12. The zero-order valence-corrected chi connectivity index (χ0v) is 15.5. The van der Waals surface area contributed by atoms with Crippen molar-refractivity contribution in [1.29, 1.82) is 0 Å². The quantitative estimate of drug-likeness (QED) is 0.712. The zero-order chi connectivity index (χ0) is 19.3. The summed E-state index contributed by atoms with van der Waals surface area (Å²) in [6.45, 7) is 0.727. The minimum Gasteiger partial charge on any atom is -0.484 e. The molecule has 28 heavy (non-hydrogen) atoms. The Bertz CT molecular complexity index is 941. The van der Waals surface area contributed by atoms with E-state index in [-0.39, 0.29) is 18.6 Å². The number of carbonyl (C=O) groups is 1. The van der Waals surface area contributed by atoms with Crippen molar-refractivity contribution in [3.8, 4) is 16.9 Å². The molecule has 2 aromatic heterocycles. The van der Waals surface area contributed by atoms with Gasteiger partial charge in [0.2, 0.25) is 0 Å². The summed E-state index contributed by atoms with van der Waals surface area (Å²) in [5.74, 6) is 1.12. The summed E-state index contributed by atoms with van der Waals surface area (Å²) in [5, 5.41) is 7.34. The van der Waals surface area contributed by atoms with Gasteiger partial charge in [-0.05, 0) is 49.1 Å². The van der Waals surface area contributed by atoms with Crippen LogP contribution in [0.4, 0.5) is 5.82 Å². The number of likely N-dealkylation sites (tertiary alicyclic amines) is 1. The molecule has 7 heteroatoms. The van der Waals surface area contributed by atoms with Crippen LogP contribution < -0.4 is 10.5 Å². The van der Waals surface area contributed by atoms with Gasteiger partial charge in [0, 0.05) is 18.3 Å². The fourth-order valence-electron chi connectivity index (χ4n) is 3.67. The minimum absolute atomic E-state index is 0.0200. The van der Waals surface area contributed by atoms with Gasteiger partial charge in [-0.3, -0.25) is 9.89 Å². The van der Waals surface area contributed by atoms with Crippen LogP contribution in [0.1, 0.15) is 31.0 Å².